The second-order valence-corrected chi connectivity index (χ2v) is 8.06. The van der Waals surface area contributed by atoms with Crippen LogP contribution in [0.4, 0.5) is 0 Å². The van der Waals surface area contributed by atoms with Crippen LogP contribution >= 0.6 is 15.9 Å². The first-order valence-electron chi connectivity index (χ1n) is 10.4. The average molecular weight is 480 g/mol. The zero-order valence-corrected chi connectivity index (χ0v) is 19.2. The SMILES string of the molecule is C1CCOCC1.Cc1cc(OCc2ccccc2)c(Oc2ccccc2C#N)cc1Br. The van der Waals surface area contributed by atoms with Crippen LogP contribution in [-0.4, -0.2) is 13.2 Å². The van der Waals surface area contributed by atoms with Gasteiger partial charge in [-0.25, -0.2) is 0 Å². The summed E-state index contributed by atoms with van der Waals surface area (Å²) in [6.45, 7) is 4.44. The first-order valence-corrected chi connectivity index (χ1v) is 11.2. The lowest BCUT2D eigenvalue weighted by atomic mass is 10.2. The fourth-order valence-corrected chi connectivity index (χ4v) is 3.34. The molecule has 1 fully saturated rings. The molecule has 0 spiro atoms. The molecule has 1 heterocycles. The molecule has 0 radical (unpaired) electrons. The molecule has 0 saturated carbocycles. The second kappa shape index (κ2) is 12.1. The van der Waals surface area contributed by atoms with Crippen molar-refractivity contribution in [3.8, 4) is 23.3 Å². The van der Waals surface area contributed by atoms with E-state index in [-0.39, 0.29) is 0 Å². The summed E-state index contributed by atoms with van der Waals surface area (Å²) in [5.41, 5.74) is 2.60. The summed E-state index contributed by atoms with van der Waals surface area (Å²) in [6.07, 6.45) is 3.93. The van der Waals surface area contributed by atoms with Crippen LogP contribution in [0.15, 0.2) is 71.2 Å². The molecule has 0 unspecified atom stereocenters. The Hall–Kier alpha value is -2.81. The molecule has 31 heavy (non-hydrogen) atoms. The predicted octanol–water partition coefficient (Wildman–Crippen LogP) is 7.19. The minimum Gasteiger partial charge on any atom is -0.485 e. The number of nitrogens with zero attached hydrogens (tertiary/aromatic N) is 1. The van der Waals surface area contributed by atoms with Crippen LogP contribution < -0.4 is 9.47 Å². The van der Waals surface area contributed by atoms with E-state index in [9.17, 15) is 5.26 Å². The van der Waals surface area contributed by atoms with E-state index in [1.165, 1.54) is 19.3 Å². The van der Waals surface area contributed by atoms with Crippen molar-refractivity contribution in [2.24, 2.45) is 0 Å². The molecule has 3 aromatic rings. The number of hydrogen-bond donors (Lipinski definition) is 0. The lowest BCUT2D eigenvalue weighted by molar-refractivity contribution is 0.0968. The summed E-state index contributed by atoms with van der Waals surface area (Å²) in [5, 5.41) is 9.25. The Kier molecular flexibility index (Phi) is 8.96. The van der Waals surface area contributed by atoms with Crippen molar-refractivity contribution in [1.82, 2.24) is 0 Å². The van der Waals surface area contributed by atoms with Gasteiger partial charge in [0.05, 0.1) is 5.56 Å². The number of para-hydroxylation sites is 1. The quantitative estimate of drug-likeness (QED) is 0.388. The van der Waals surface area contributed by atoms with E-state index in [4.69, 9.17) is 14.2 Å². The fraction of sp³-hybridized carbons (Fsp3) is 0.269. The largest absolute Gasteiger partial charge is 0.485 e. The van der Waals surface area contributed by atoms with E-state index in [0.717, 1.165) is 28.8 Å². The average Bonchev–Trinajstić information content (AvgIpc) is 2.83. The highest BCUT2D eigenvalue weighted by Gasteiger charge is 2.12. The minimum atomic E-state index is 0.443. The monoisotopic (exact) mass is 479 g/mol. The Morgan fingerprint density at radius 3 is 2.26 bits per heavy atom. The van der Waals surface area contributed by atoms with Gasteiger partial charge in [0.1, 0.15) is 18.4 Å². The molecule has 0 aromatic heterocycles. The highest BCUT2D eigenvalue weighted by atomic mass is 79.9. The van der Waals surface area contributed by atoms with Crippen molar-refractivity contribution in [3.63, 3.8) is 0 Å². The standard InChI is InChI=1S/C21H16BrNO2.C5H10O/c1-15-11-20(24-14-16-7-3-2-4-8-16)21(12-18(15)22)25-19-10-6-5-9-17(19)13-23;1-2-4-6-5-3-1/h2-12H,14H2,1H3;1-5H2. The lowest BCUT2D eigenvalue weighted by Gasteiger charge is -2.15. The Morgan fingerprint density at radius 2 is 1.61 bits per heavy atom. The van der Waals surface area contributed by atoms with Gasteiger partial charge in [0, 0.05) is 17.7 Å². The van der Waals surface area contributed by atoms with Gasteiger partial charge in [-0.3, -0.25) is 0 Å². The Bertz CT molecular complexity index is 999. The summed E-state index contributed by atoms with van der Waals surface area (Å²) < 4.78 is 17.9. The molecule has 5 heteroatoms. The van der Waals surface area contributed by atoms with Crippen LogP contribution in [0.25, 0.3) is 0 Å². The number of benzene rings is 3. The molecular formula is C26H26BrNO3. The number of hydrogen-bond acceptors (Lipinski definition) is 4. The van der Waals surface area contributed by atoms with Gasteiger partial charge < -0.3 is 14.2 Å². The van der Waals surface area contributed by atoms with Gasteiger partial charge in [-0.1, -0.05) is 58.4 Å². The molecule has 0 amide bonds. The maximum atomic E-state index is 9.25. The smallest absolute Gasteiger partial charge is 0.170 e. The number of aryl methyl sites for hydroxylation is 1. The molecule has 4 rings (SSSR count). The Labute approximate surface area is 192 Å². The lowest BCUT2D eigenvalue weighted by Crippen LogP contribution is -2.03. The summed E-state index contributed by atoms with van der Waals surface area (Å²) in [6, 6.07) is 23.0. The predicted molar refractivity (Wildman–Crippen MR) is 126 cm³/mol. The number of halogens is 1. The highest BCUT2D eigenvalue weighted by molar-refractivity contribution is 9.10. The summed E-state index contributed by atoms with van der Waals surface area (Å²) in [7, 11) is 0. The van der Waals surface area contributed by atoms with E-state index in [1.54, 1.807) is 12.1 Å². The molecule has 1 saturated heterocycles. The van der Waals surface area contributed by atoms with Gasteiger partial charge in [0.15, 0.2) is 11.5 Å². The molecule has 1 aliphatic heterocycles. The summed E-state index contributed by atoms with van der Waals surface area (Å²) in [4.78, 5) is 0. The van der Waals surface area contributed by atoms with Gasteiger partial charge in [-0.05, 0) is 61.6 Å². The van der Waals surface area contributed by atoms with Crippen LogP contribution in [0, 0.1) is 18.3 Å². The molecule has 0 aliphatic carbocycles. The van der Waals surface area contributed by atoms with Crippen molar-refractivity contribution in [3.05, 3.63) is 87.9 Å². The van der Waals surface area contributed by atoms with E-state index in [1.807, 2.05) is 61.5 Å². The van der Waals surface area contributed by atoms with Crippen LogP contribution in [0.5, 0.6) is 17.2 Å². The van der Waals surface area contributed by atoms with Crippen molar-refractivity contribution in [2.75, 3.05) is 13.2 Å². The van der Waals surface area contributed by atoms with Gasteiger partial charge in [0.25, 0.3) is 0 Å². The Morgan fingerprint density at radius 1 is 0.903 bits per heavy atom. The van der Waals surface area contributed by atoms with Gasteiger partial charge in [-0.2, -0.15) is 5.26 Å². The summed E-state index contributed by atoms with van der Waals surface area (Å²) in [5.74, 6) is 1.71. The first kappa shape index (κ1) is 22.9. The normalized spacial score (nSPS) is 12.8. The first-order chi connectivity index (χ1) is 15.2. The van der Waals surface area contributed by atoms with Crippen LogP contribution in [0.1, 0.15) is 36.0 Å². The third-order valence-corrected chi connectivity index (χ3v) is 5.62. The van der Waals surface area contributed by atoms with Crippen LogP contribution in [0.3, 0.4) is 0 Å². The van der Waals surface area contributed by atoms with Crippen LogP contribution in [0.2, 0.25) is 0 Å². The third-order valence-electron chi connectivity index (χ3n) is 4.77. The molecule has 0 atom stereocenters. The maximum absolute atomic E-state index is 9.25. The van der Waals surface area contributed by atoms with Gasteiger partial charge in [0.2, 0.25) is 0 Å². The maximum Gasteiger partial charge on any atom is 0.170 e. The minimum absolute atomic E-state index is 0.443. The topological polar surface area (TPSA) is 51.5 Å². The molecule has 160 valence electrons. The van der Waals surface area contributed by atoms with Crippen molar-refractivity contribution in [1.29, 1.82) is 5.26 Å². The Balaban J connectivity index is 0.000000391. The van der Waals surface area contributed by atoms with Crippen molar-refractivity contribution >= 4 is 15.9 Å². The summed E-state index contributed by atoms with van der Waals surface area (Å²) >= 11 is 3.52. The molecule has 0 bridgehead atoms. The van der Waals surface area contributed by atoms with Gasteiger partial charge in [-0.15, -0.1) is 0 Å². The molecule has 1 aliphatic rings. The molecular weight excluding hydrogens is 454 g/mol. The van der Waals surface area contributed by atoms with E-state index in [0.29, 0.717) is 29.4 Å². The molecule has 0 N–H and O–H groups in total. The number of nitriles is 1. The molecule has 3 aromatic carbocycles. The zero-order chi connectivity index (χ0) is 21.9. The van der Waals surface area contributed by atoms with Crippen molar-refractivity contribution < 1.29 is 14.2 Å². The zero-order valence-electron chi connectivity index (χ0n) is 17.6. The second-order valence-electron chi connectivity index (χ2n) is 7.21. The van der Waals surface area contributed by atoms with Crippen molar-refractivity contribution in [2.45, 2.75) is 32.8 Å². The van der Waals surface area contributed by atoms with Crippen LogP contribution in [-0.2, 0) is 11.3 Å². The van der Waals surface area contributed by atoms with E-state index in [2.05, 4.69) is 22.0 Å². The van der Waals surface area contributed by atoms with Gasteiger partial charge >= 0.3 is 0 Å². The fourth-order valence-electron chi connectivity index (χ4n) is 3.02. The number of rotatable bonds is 5. The van der Waals surface area contributed by atoms with E-state index < -0.39 is 0 Å². The number of ether oxygens (including phenoxy) is 3. The molecule has 4 nitrogen and oxygen atoms in total. The van der Waals surface area contributed by atoms with E-state index >= 15 is 0 Å². The highest BCUT2D eigenvalue weighted by Crippen LogP contribution is 2.37. The third kappa shape index (κ3) is 7.13.